The molecule has 0 saturated heterocycles. The van der Waals surface area contributed by atoms with Crippen molar-refractivity contribution in [2.24, 2.45) is 11.3 Å². The van der Waals surface area contributed by atoms with Gasteiger partial charge in [-0.3, -0.25) is 9.59 Å². The van der Waals surface area contributed by atoms with Crippen LogP contribution in [0.25, 0.3) is 0 Å². The zero-order chi connectivity index (χ0) is 16.2. The molecule has 0 aliphatic rings. The van der Waals surface area contributed by atoms with Crippen LogP contribution in [0, 0.1) is 18.3 Å². The monoisotopic (exact) mass is 355 g/mol. The number of ether oxygens (including phenoxy) is 1. The maximum absolute atomic E-state index is 12.5. The third-order valence-electron chi connectivity index (χ3n) is 2.96. The van der Waals surface area contributed by atoms with Crippen LogP contribution < -0.4 is 5.32 Å². The second-order valence-corrected chi connectivity index (χ2v) is 6.97. The largest absolute Gasteiger partial charge is 0.465 e. The first-order chi connectivity index (χ1) is 9.65. The average molecular weight is 356 g/mol. The molecule has 1 aromatic rings. The van der Waals surface area contributed by atoms with Gasteiger partial charge in [0.25, 0.3) is 0 Å². The van der Waals surface area contributed by atoms with Gasteiger partial charge >= 0.3 is 5.97 Å². The van der Waals surface area contributed by atoms with Crippen molar-refractivity contribution in [2.75, 3.05) is 11.9 Å². The maximum Gasteiger partial charge on any atom is 0.319 e. The van der Waals surface area contributed by atoms with E-state index in [1.807, 2.05) is 39.8 Å². The van der Waals surface area contributed by atoms with Crippen molar-refractivity contribution in [3.05, 3.63) is 28.2 Å². The topological polar surface area (TPSA) is 55.4 Å². The number of carbonyl (C=O) groups is 2. The molecule has 0 heterocycles. The maximum atomic E-state index is 12.5. The number of hydrogen-bond acceptors (Lipinski definition) is 3. The van der Waals surface area contributed by atoms with E-state index in [4.69, 9.17) is 4.74 Å². The first-order valence-electron chi connectivity index (χ1n) is 6.90. The molecule has 1 unspecified atom stereocenters. The molecule has 0 radical (unpaired) electrons. The molecule has 1 aromatic carbocycles. The molecule has 0 aliphatic heterocycles. The van der Waals surface area contributed by atoms with Crippen LogP contribution in [-0.2, 0) is 14.3 Å². The summed E-state index contributed by atoms with van der Waals surface area (Å²) in [5.41, 5.74) is 1.16. The van der Waals surface area contributed by atoms with E-state index < -0.39 is 17.3 Å². The quantitative estimate of drug-likeness (QED) is 0.657. The summed E-state index contributed by atoms with van der Waals surface area (Å²) in [6, 6.07) is 5.60. The molecular weight excluding hydrogens is 334 g/mol. The molecule has 5 heteroatoms. The summed E-state index contributed by atoms with van der Waals surface area (Å²) in [4.78, 5) is 24.5. The Hall–Kier alpha value is -1.36. The van der Waals surface area contributed by atoms with Crippen LogP contribution in [0.2, 0.25) is 0 Å². The minimum absolute atomic E-state index is 0.259. The van der Waals surface area contributed by atoms with Gasteiger partial charge in [0.15, 0.2) is 0 Å². The Morgan fingerprint density at radius 1 is 1.29 bits per heavy atom. The fourth-order valence-electron chi connectivity index (χ4n) is 2.10. The van der Waals surface area contributed by atoms with Crippen LogP contribution in [0.15, 0.2) is 22.7 Å². The lowest BCUT2D eigenvalue weighted by atomic mass is 9.80. The molecule has 1 N–H and O–H groups in total. The van der Waals surface area contributed by atoms with Crippen LogP contribution in [0.1, 0.15) is 33.3 Å². The van der Waals surface area contributed by atoms with Crippen molar-refractivity contribution in [1.82, 2.24) is 0 Å². The van der Waals surface area contributed by atoms with Crippen LogP contribution in [0.4, 0.5) is 5.69 Å². The van der Waals surface area contributed by atoms with Crippen molar-refractivity contribution in [2.45, 2.75) is 34.6 Å². The van der Waals surface area contributed by atoms with Crippen LogP contribution in [-0.4, -0.2) is 18.5 Å². The lowest BCUT2D eigenvalue weighted by molar-refractivity contribution is -0.155. The smallest absolute Gasteiger partial charge is 0.319 e. The minimum atomic E-state index is -0.850. The molecule has 0 aromatic heterocycles. The van der Waals surface area contributed by atoms with E-state index in [1.165, 1.54) is 0 Å². The molecule has 0 fully saturated rings. The molecule has 116 valence electrons. The van der Waals surface area contributed by atoms with Crippen LogP contribution >= 0.6 is 15.9 Å². The Bertz CT molecular complexity index is 515. The zero-order valence-electron chi connectivity index (χ0n) is 13.1. The molecule has 0 saturated carbocycles. The summed E-state index contributed by atoms with van der Waals surface area (Å²) in [5.74, 6) is -1.69. The standard InChI is InChI=1S/C16H22BrNO3/c1-6-21-15(20)13(16(3,4)5)14(19)18-12-8-10(2)7-11(17)9-12/h7-9,13H,6H2,1-5H3,(H,18,19). The molecule has 4 nitrogen and oxygen atoms in total. The average Bonchev–Trinajstić information content (AvgIpc) is 2.25. The van der Waals surface area contributed by atoms with Gasteiger partial charge in [-0.1, -0.05) is 36.7 Å². The number of aryl methyl sites for hydroxylation is 1. The molecule has 0 aliphatic carbocycles. The first kappa shape index (κ1) is 17.7. The van der Waals surface area contributed by atoms with Gasteiger partial charge < -0.3 is 10.1 Å². The summed E-state index contributed by atoms with van der Waals surface area (Å²) in [5, 5.41) is 2.80. The molecule has 0 bridgehead atoms. The summed E-state index contributed by atoms with van der Waals surface area (Å²) in [6.07, 6.45) is 0. The van der Waals surface area contributed by atoms with Crippen molar-refractivity contribution in [3.8, 4) is 0 Å². The van der Waals surface area contributed by atoms with Crippen molar-refractivity contribution < 1.29 is 14.3 Å². The highest BCUT2D eigenvalue weighted by molar-refractivity contribution is 9.10. The third-order valence-corrected chi connectivity index (χ3v) is 3.42. The van der Waals surface area contributed by atoms with Gasteiger partial charge in [-0.25, -0.2) is 0 Å². The number of benzene rings is 1. The van der Waals surface area contributed by atoms with Crippen LogP contribution in [0.3, 0.4) is 0 Å². The number of amides is 1. The molecule has 21 heavy (non-hydrogen) atoms. The fraction of sp³-hybridized carbons (Fsp3) is 0.500. The van der Waals surface area contributed by atoms with E-state index in [2.05, 4.69) is 21.2 Å². The van der Waals surface area contributed by atoms with E-state index in [-0.39, 0.29) is 12.5 Å². The predicted octanol–water partition coefficient (Wildman–Crippen LogP) is 3.92. The summed E-state index contributed by atoms with van der Waals surface area (Å²) in [6.45, 7) is 9.47. The van der Waals surface area contributed by atoms with Crippen LogP contribution in [0.5, 0.6) is 0 Å². The predicted molar refractivity (Wildman–Crippen MR) is 87.1 cm³/mol. The van der Waals surface area contributed by atoms with E-state index in [0.29, 0.717) is 5.69 Å². The molecule has 1 atom stereocenters. The first-order valence-corrected chi connectivity index (χ1v) is 7.69. The van der Waals surface area contributed by atoms with Crippen molar-refractivity contribution >= 4 is 33.5 Å². The minimum Gasteiger partial charge on any atom is -0.465 e. The second kappa shape index (κ2) is 7.07. The van der Waals surface area contributed by atoms with E-state index in [0.717, 1.165) is 10.0 Å². The number of halogens is 1. The number of hydrogen-bond donors (Lipinski definition) is 1. The van der Waals surface area contributed by atoms with E-state index >= 15 is 0 Å². The van der Waals surface area contributed by atoms with Gasteiger partial charge in [0, 0.05) is 10.2 Å². The molecule has 1 amide bonds. The Morgan fingerprint density at radius 3 is 2.38 bits per heavy atom. The van der Waals surface area contributed by atoms with Gasteiger partial charge in [0.1, 0.15) is 5.92 Å². The highest BCUT2D eigenvalue weighted by atomic mass is 79.9. The Balaban J connectivity index is 2.98. The summed E-state index contributed by atoms with van der Waals surface area (Å²) >= 11 is 3.39. The Labute approximate surface area is 134 Å². The number of esters is 1. The van der Waals surface area contributed by atoms with Gasteiger partial charge in [0.2, 0.25) is 5.91 Å². The normalized spacial score (nSPS) is 12.7. The Morgan fingerprint density at radius 2 is 1.90 bits per heavy atom. The summed E-state index contributed by atoms with van der Waals surface area (Å²) < 4.78 is 5.90. The molecular formula is C16H22BrNO3. The number of anilines is 1. The van der Waals surface area contributed by atoms with Crippen molar-refractivity contribution in [3.63, 3.8) is 0 Å². The lowest BCUT2D eigenvalue weighted by Crippen LogP contribution is -2.40. The second-order valence-electron chi connectivity index (χ2n) is 6.06. The number of carbonyl (C=O) groups excluding carboxylic acids is 2. The third kappa shape index (κ3) is 5.16. The molecule has 0 spiro atoms. The van der Waals surface area contributed by atoms with Gasteiger partial charge in [0.05, 0.1) is 6.61 Å². The van der Waals surface area contributed by atoms with Gasteiger partial charge in [-0.2, -0.15) is 0 Å². The van der Waals surface area contributed by atoms with Gasteiger partial charge in [-0.15, -0.1) is 0 Å². The molecule has 1 rings (SSSR count). The highest BCUT2D eigenvalue weighted by Crippen LogP contribution is 2.29. The zero-order valence-corrected chi connectivity index (χ0v) is 14.7. The van der Waals surface area contributed by atoms with Crippen molar-refractivity contribution in [1.29, 1.82) is 0 Å². The lowest BCUT2D eigenvalue weighted by Gasteiger charge is -2.27. The number of nitrogens with one attached hydrogen (secondary N) is 1. The van der Waals surface area contributed by atoms with E-state index in [1.54, 1.807) is 13.0 Å². The van der Waals surface area contributed by atoms with Gasteiger partial charge in [-0.05, 0) is 43.0 Å². The number of rotatable bonds is 4. The summed E-state index contributed by atoms with van der Waals surface area (Å²) in [7, 11) is 0. The fourth-order valence-corrected chi connectivity index (χ4v) is 2.71. The van der Waals surface area contributed by atoms with E-state index in [9.17, 15) is 9.59 Å². The SMILES string of the molecule is CCOC(=O)C(C(=O)Nc1cc(C)cc(Br)c1)C(C)(C)C. The highest BCUT2D eigenvalue weighted by Gasteiger charge is 2.38. The Kier molecular flexibility index (Phi) is 5.96.